The molecule has 1 aliphatic carbocycles. The monoisotopic (exact) mass is 283 g/mol. The van der Waals surface area contributed by atoms with E-state index in [1.165, 1.54) is 18.4 Å². The van der Waals surface area contributed by atoms with Crippen molar-refractivity contribution in [2.24, 2.45) is 11.1 Å². The van der Waals surface area contributed by atoms with E-state index in [0.717, 1.165) is 29.8 Å². The van der Waals surface area contributed by atoms with E-state index >= 15 is 0 Å². The Bertz CT molecular complexity index is 375. The Hall–Kier alpha value is -0.610. The van der Waals surface area contributed by atoms with E-state index in [0.29, 0.717) is 5.41 Å². The fraction of sp³-hybridized carbons (Fsp3) is 0.583. The van der Waals surface area contributed by atoms with Crippen LogP contribution in [0.15, 0.2) is 16.7 Å². The average Bonchev–Trinajstić information content (AvgIpc) is 2.98. The molecule has 1 saturated carbocycles. The number of aromatic nitrogens is 1. The van der Waals surface area contributed by atoms with Crippen molar-refractivity contribution in [3.05, 3.63) is 22.3 Å². The molecule has 1 aromatic rings. The van der Waals surface area contributed by atoms with Crippen LogP contribution in [-0.4, -0.2) is 18.1 Å². The van der Waals surface area contributed by atoms with Gasteiger partial charge in [-0.15, -0.1) is 0 Å². The minimum Gasteiger partial charge on any atom is -0.369 e. The number of nitrogens with two attached hydrogens (primary N) is 1. The van der Waals surface area contributed by atoms with Crippen LogP contribution in [-0.2, 0) is 0 Å². The summed E-state index contributed by atoms with van der Waals surface area (Å²) in [5.41, 5.74) is 7.26. The highest BCUT2D eigenvalue weighted by Gasteiger charge is 2.41. The summed E-state index contributed by atoms with van der Waals surface area (Å²) >= 11 is 3.42. The Labute approximate surface area is 105 Å². The third kappa shape index (κ3) is 2.74. The molecule has 0 unspecified atom stereocenters. The number of rotatable bonds is 5. The topological polar surface area (TPSA) is 50.9 Å². The lowest BCUT2D eigenvalue weighted by molar-refractivity contribution is 0.500. The molecule has 0 saturated heterocycles. The number of hydrogen-bond acceptors (Lipinski definition) is 3. The fourth-order valence-corrected chi connectivity index (χ4v) is 2.44. The molecule has 1 aliphatic rings. The maximum atomic E-state index is 5.62. The van der Waals surface area contributed by atoms with Gasteiger partial charge < -0.3 is 11.1 Å². The number of nitrogens with one attached hydrogen (secondary N) is 1. The van der Waals surface area contributed by atoms with E-state index in [-0.39, 0.29) is 0 Å². The maximum absolute atomic E-state index is 5.62. The van der Waals surface area contributed by atoms with E-state index in [9.17, 15) is 0 Å². The first kappa shape index (κ1) is 11.9. The van der Waals surface area contributed by atoms with Gasteiger partial charge in [0.25, 0.3) is 0 Å². The Morgan fingerprint density at radius 2 is 2.31 bits per heavy atom. The number of pyridine rings is 1. The van der Waals surface area contributed by atoms with Gasteiger partial charge in [0.15, 0.2) is 0 Å². The molecule has 0 atom stereocenters. The van der Waals surface area contributed by atoms with Gasteiger partial charge in [0, 0.05) is 17.2 Å². The quantitative estimate of drug-likeness (QED) is 0.874. The van der Waals surface area contributed by atoms with Crippen LogP contribution in [0.2, 0.25) is 0 Å². The molecule has 2 rings (SSSR count). The molecule has 4 heteroatoms. The van der Waals surface area contributed by atoms with E-state index in [1.807, 2.05) is 6.20 Å². The SMILES string of the molecule is Cc1cc(Br)cnc1NCC1(CCN)CC1. The van der Waals surface area contributed by atoms with Crippen molar-refractivity contribution in [2.75, 3.05) is 18.4 Å². The summed E-state index contributed by atoms with van der Waals surface area (Å²) in [6, 6.07) is 2.08. The zero-order valence-electron chi connectivity index (χ0n) is 9.59. The van der Waals surface area contributed by atoms with Gasteiger partial charge in [-0.2, -0.15) is 0 Å². The van der Waals surface area contributed by atoms with Gasteiger partial charge in [0.05, 0.1) is 0 Å². The lowest BCUT2D eigenvalue weighted by atomic mass is 10.0. The third-order valence-electron chi connectivity index (χ3n) is 3.31. The zero-order valence-corrected chi connectivity index (χ0v) is 11.2. The van der Waals surface area contributed by atoms with E-state index in [2.05, 4.69) is 39.2 Å². The highest BCUT2D eigenvalue weighted by Crippen LogP contribution is 2.48. The molecule has 0 aliphatic heterocycles. The highest BCUT2D eigenvalue weighted by atomic mass is 79.9. The minimum atomic E-state index is 0.454. The number of hydrogen-bond donors (Lipinski definition) is 2. The standard InChI is InChI=1S/C12H18BrN3/c1-9-6-10(13)7-15-11(9)16-8-12(2-3-12)4-5-14/h6-7H,2-5,8,14H2,1H3,(H,15,16). The molecule has 3 N–H and O–H groups in total. The van der Waals surface area contributed by atoms with E-state index < -0.39 is 0 Å². The molecule has 0 amide bonds. The molecule has 0 aromatic carbocycles. The summed E-state index contributed by atoms with van der Waals surface area (Å²) in [6.45, 7) is 3.86. The second-order valence-electron chi connectivity index (χ2n) is 4.71. The summed E-state index contributed by atoms with van der Waals surface area (Å²) in [7, 11) is 0. The van der Waals surface area contributed by atoms with Gasteiger partial charge >= 0.3 is 0 Å². The third-order valence-corrected chi connectivity index (χ3v) is 3.74. The number of aryl methyl sites for hydroxylation is 1. The van der Waals surface area contributed by atoms with Gasteiger partial charge in [-0.1, -0.05) is 0 Å². The second-order valence-corrected chi connectivity index (χ2v) is 5.63. The van der Waals surface area contributed by atoms with E-state index in [4.69, 9.17) is 5.73 Å². The van der Waals surface area contributed by atoms with Crippen LogP contribution < -0.4 is 11.1 Å². The fourth-order valence-electron chi connectivity index (χ4n) is 1.99. The predicted octanol–water partition coefficient (Wildman–Crippen LogP) is 2.69. The number of halogens is 1. The summed E-state index contributed by atoms with van der Waals surface area (Å²) in [6.07, 6.45) is 5.55. The van der Waals surface area contributed by atoms with Gasteiger partial charge in [-0.05, 0) is 65.7 Å². The lowest BCUT2D eigenvalue weighted by Gasteiger charge is -2.16. The minimum absolute atomic E-state index is 0.454. The van der Waals surface area contributed by atoms with Gasteiger partial charge in [-0.25, -0.2) is 4.98 Å². The summed E-state index contributed by atoms with van der Waals surface area (Å²) in [5, 5.41) is 3.44. The molecule has 16 heavy (non-hydrogen) atoms. The van der Waals surface area contributed by atoms with Crippen molar-refractivity contribution in [3.63, 3.8) is 0 Å². The van der Waals surface area contributed by atoms with Crippen molar-refractivity contribution < 1.29 is 0 Å². The first-order valence-corrected chi connectivity index (χ1v) is 6.51. The molecule has 1 fully saturated rings. The van der Waals surface area contributed by atoms with Gasteiger partial charge in [0.1, 0.15) is 5.82 Å². The van der Waals surface area contributed by atoms with Crippen molar-refractivity contribution >= 4 is 21.7 Å². The normalized spacial score (nSPS) is 17.2. The largest absolute Gasteiger partial charge is 0.369 e. The van der Waals surface area contributed by atoms with Crippen molar-refractivity contribution in [1.29, 1.82) is 0 Å². The molecule has 88 valence electrons. The van der Waals surface area contributed by atoms with Crippen molar-refractivity contribution in [1.82, 2.24) is 4.98 Å². The first-order valence-electron chi connectivity index (χ1n) is 5.71. The van der Waals surface area contributed by atoms with Gasteiger partial charge in [0.2, 0.25) is 0 Å². The molecular weight excluding hydrogens is 266 g/mol. The van der Waals surface area contributed by atoms with Crippen LogP contribution in [0.4, 0.5) is 5.82 Å². The Morgan fingerprint density at radius 3 is 2.88 bits per heavy atom. The summed E-state index contributed by atoms with van der Waals surface area (Å²) in [5.74, 6) is 0.992. The average molecular weight is 284 g/mol. The van der Waals surface area contributed by atoms with E-state index in [1.54, 1.807) is 0 Å². The predicted molar refractivity (Wildman–Crippen MR) is 70.5 cm³/mol. The Kier molecular flexibility index (Phi) is 3.50. The highest BCUT2D eigenvalue weighted by molar-refractivity contribution is 9.10. The van der Waals surface area contributed by atoms with Crippen LogP contribution in [0.1, 0.15) is 24.8 Å². The van der Waals surface area contributed by atoms with Crippen molar-refractivity contribution in [3.8, 4) is 0 Å². The smallest absolute Gasteiger partial charge is 0.128 e. The molecule has 1 heterocycles. The summed E-state index contributed by atoms with van der Waals surface area (Å²) < 4.78 is 1.03. The van der Waals surface area contributed by atoms with Crippen LogP contribution >= 0.6 is 15.9 Å². The molecule has 0 bridgehead atoms. The molecule has 1 aromatic heterocycles. The molecule has 3 nitrogen and oxygen atoms in total. The Balaban J connectivity index is 1.94. The zero-order chi connectivity index (χ0) is 11.6. The maximum Gasteiger partial charge on any atom is 0.128 e. The second kappa shape index (κ2) is 4.72. The first-order chi connectivity index (χ1) is 7.65. The van der Waals surface area contributed by atoms with Crippen LogP contribution in [0, 0.1) is 12.3 Å². The molecule has 0 radical (unpaired) electrons. The molecule has 0 spiro atoms. The van der Waals surface area contributed by atoms with Crippen molar-refractivity contribution in [2.45, 2.75) is 26.2 Å². The van der Waals surface area contributed by atoms with Crippen LogP contribution in [0.5, 0.6) is 0 Å². The van der Waals surface area contributed by atoms with Gasteiger partial charge in [-0.3, -0.25) is 0 Å². The number of nitrogens with zero attached hydrogens (tertiary/aromatic N) is 1. The lowest BCUT2D eigenvalue weighted by Crippen LogP contribution is -2.20. The van der Waals surface area contributed by atoms with Crippen LogP contribution in [0.25, 0.3) is 0 Å². The Morgan fingerprint density at radius 1 is 1.56 bits per heavy atom. The summed E-state index contributed by atoms with van der Waals surface area (Å²) in [4.78, 5) is 4.38. The molecular formula is C12H18BrN3. The number of anilines is 1. The van der Waals surface area contributed by atoms with Crippen LogP contribution in [0.3, 0.4) is 0 Å².